The van der Waals surface area contributed by atoms with E-state index in [0.29, 0.717) is 37.4 Å². The van der Waals surface area contributed by atoms with Gasteiger partial charge < -0.3 is 51.2 Å². The summed E-state index contributed by atoms with van der Waals surface area (Å²) in [4.78, 5) is 17.7. The molecule has 2 aromatic carbocycles. The van der Waals surface area contributed by atoms with Crippen molar-refractivity contribution in [1.82, 2.24) is 15.1 Å². The van der Waals surface area contributed by atoms with Gasteiger partial charge in [-0.3, -0.25) is 14.6 Å². The molecular formula is C48H76N4O9. The van der Waals surface area contributed by atoms with Crippen LogP contribution in [0.2, 0.25) is 0 Å². The van der Waals surface area contributed by atoms with Crippen LogP contribution in [0.25, 0.3) is 0 Å². The van der Waals surface area contributed by atoms with Crippen LogP contribution in [0.3, 0.4) is 0 Å². The summed E-state index contributed by atoms with van der Waals surface area (Å²) in [5.41, 5.74) is 6.24. The minimum absolute atomic E-state index is 0. The van der Waals surface area contributed by atoms with Crippen molar-refractivity contribution in [1.29, 1.82) is 0 Å². The van der Waals surface area contributed by atoms with E-state index in [9.17, 15) is 30.3 Å². The van der Waals surface area contributed by atoms with E-state index < -0.39 is 28.1 Å². The predicted octanol–water partition coefficient (Wildman–Crippen LogP) is 3.91. The van der Waals surface area contributed by atoms with Gasteiger partial charge in [-0.2, -0.15) is 0 Å². The van der Waals surface area contributed by atoms with E-state index in [1.165, 1.54) is 31.2 Å². The average Bonchev–Trinajstić information content (AvgIpc) is 4.13. The van der Waals surface area contributed by atoms with Gasteiger partial charge in [-0.05, 0) is 119 Å². The molecule has 0 unspecified atom stereocenters. The molecule has 12 rings (SSSR count). The fraction of sp³-hybridized carbons (Fsp3) is 0.729. The van der Waals surface area contributed by atoms with E-state index in [0.717, 1.165) is 93.2 Å². The first-order valence-electron chi connectivity index (χ1n) is 21.7. The van der Waals surface area contributed by atoms with Gasteiger partial charge in [0.25, 0.3) is 0 Å². The maximum atomic E-state index is 12.7. The summed E-state index contributed by atoms with van der Waals surface area (Å²) < 4.78 is 12.5. The van der Waals surface area contributed by atoms with Gasteiger partial charge in [0.2, 0.25) is 0 Å². The smallest absolute Gasteiger partial charge is 0.174 e. The number of hydrogen-bond donors (Lipinski definition) is 8. The number of likely N-dealkylation sites (tertiary alicyclic amines) is 2. The van der Waals surface area contributed by atoms with Gasteiger partial charge in [0.1, 0.15) is 6.10 Å². The van der Waals surface area contributed by atoms with Crippen LogP contribution in [-0.2, 0) is 28.5 Å². The number of piperidine rings is 2. The quantitative estimate of drug-likeness (QED) is 0.190. The molecule has 6 aliphatic carbocycles. The number of Topliss-reactive ketones (excluding diaryl/α,β-unsaturated/α-hetero) is 1. The number of carbonyl (C=O) groups is 1. The highest BCUT2D eigenvalue weighted by Crippen LogP contribution is 2.67. The summed E-state index contributed by atoms with van der Waals surface area (Å²) in [6.07, 6.45) is 10.0. The summed E-state index contributed by atoms with van der Waals surface area (Å²) in [7, 11) is 0. The zero-order valence-corrected chi connectivity index (χ0v) is 32.9. The fourth-order valence-electron chi connectivity index (χ4n) is 13.2. The Morgan fingerprint density at radius 2 is 1.21 bits per heavy atom. The second-order valence-electron chi connectivity index (χ2n) is 18.8. The van der Waals surface area contributed by atoms with Crippen molar-refractivity contribution in [3.05, 3.63) is 46.5 Å². The highest BCUT2D eigenvalue weighted by atomic mass is 16.5. The number of carbonyl (C=O) groups excluding carboxylic acids is 1. The lowest BCUT2D eigenvalue weighted by molar-refractivity contribution is -0.191. The zero-order valence-electron chi connectivity index (χ0n) is 32.9. The van der Waals surface area contributed by atoms with Gasteiger partial charge in [-0.1, -0.05) is 41.8 Å². The molecule has 4 aliphatic heterocycles. The highest BCUT2D eigenvalue weighted by Gasteiger charge is 2.74. The number of ether oxygens (including phenoxy) is 2. The Kier molecular flexibility index (Phi) is 13.4. The number of aliphatic hydroxyl groups excluding tert-OH is 2. The molecule has 4 heterocycles. The van der Waals surface area contributed by atoms with E-state index in [2.05, 4.69) is 15.1 Å². The zero-order chi connectivity index (χ0) is 39.5. The standard InChI is InChI=1S/C22H30N2O4.C20H23NO4.C2H7NO.4CH4/c25-10-8-23-15-5-6-22(27)17-11-14-3-4-16(26)19-18(14)21(22,20(15)28-19)7-9-24(17)12-13-1-2-13;22-13-4-3-12-9-15-20(24)6-5-14(23)18-19(20,16(12)17(13)25-18)7-8-21(15)10-11-1-2-11;3-1-2-4;;;;/h3-4,13,15,17,20,23,25-27H,1-2,5-12H2;3-4,11,15,18,22,24H,1-2,5-10H2;4H,1-3H2;4*1H4/t15-,17+,20-,21-,22+;15-,18+,19+,20-;;;;;/m01...../s1. The van der Waals surface area contributed by atoms with Gasteiger partial charge in [0, 0.05) is 61.9 Å². The van der Waals surface area contributed by atoms with Crippen molar-refractivity contribution in [3.8, 4) is 23.0 Å². The molecular weight excluding hydrogens is 777 g/mol. The van der Waals surface area contributed by atoms with Crippen LogP contribution in [0, 0.1) is 11.8 Å². The normalized spacial score (nSPS) is 36.2. The third-order valence-electron chi connectivity index (χ3n) is 16.0. The molecule has 13 nitrogen and oxygen atoms in total. The molecule has 9 N–H and O–H groups in total. The largest absolute Gasteiger partial charge is 0.504 e. The van der Waals surface area contributed by atoms with Gasteiger partial charge >= 0.3 is 0 Å². The number of phenols is 2. The Morgan fingerprint density at radius 3 is 1.74 bits per heavy atom. The molecule has 2 aromatic rings. The molecule has 342 valence electrons. The Hall–Kier alpha value is -3.01. The van der Waals surface area contributed by atoms with E-state index in [-0.39, 0.29) is 84.4 Å². The van der Waals surface area contributed by atoms with Gasteiger partial charge in [0.05, 0.1) is 35.2 Å². The highest BCUT2D eigenvalue weighted by molar-refractivity contribution is 5.90. The first kappa shape index (κ1) is 47.5. The number of benzene rings is 2. The number of nitrogens with two attached hydrogens (primary N) is 1. The topological polar surface area (TPSA) is 201 Å². The number of aliphatic hydroxyl groups is 4. The summed E-state index contributed by atoms with van der Waals surface area (Å²) in [6.45, 7) is 5.10. The lowest BCUT2D eigenvalue weighted by Gasteiger charge is -2.64. The van der Waals surface area contributed by atoms with Gasteiger partial charge in [-0.15, -0.1) is 0 Å². The minimum atomic E-state index is -0.940. The lowest BCUT2D eigenvalue weighted by atomic mass is 9.48. The maximum Gasteiger partial charge on any atom is 0.174 e. The fourth-order valence-corrected chi connectivity index (χ4v) is 13.2. The summed E-state index contributed by atoms with van der Waals surface area (Å²) in [5, 5.41) is 65.6. The Morgan fingerprint density at radius 1 is 0.705 bits per heavy atom. The molecule has 0 radical (unpaired) electrons. The number of hydrogen-bond acceptors (Lipinski definition) is 13. The number of aromatic hydroxyl groups is 2. The molecule has 9 atom stereocenters. The van der Waals surface area contributed by atoms with Gasteiger partial charge in [0.15, 0.2) is 34.9 Å². The van der Waals surface area contributed by atoms with Crippen LogP contribution in [0.4, 0.5) is 0 Å². The first-order chi connectivity index (χ1) is 27.5. The summed E-state index contributed by atoms with van der Waals surface area (Å²) in [6, 6.07) is 7.68. The molecule has 4 saturated carbocycles. The van der Waals surface area contributed by atoms with Crippen molar-refractivity contribution in [2.24, 2.45) is 17.6 Å². The van der Waals surface area contributed by atoms with Crippen molar-refractivity contribution in [3.63, 3.8) is 0 Å². The molecule has 61 heavy (non-hydrogen) atoms. The van der Waals surface area contributed by atoms with Crippen molar-refractivity contribution >= 4 is 5.78 Å². The molecule has 0 aromatic heterocycles. The number of ketones is 1. The first-order valence-corrected chi connectivity index (χ1v) is 21.7. The van der Waals surface area contributed by atoms with Crippen molar-refractivity contribution in [2.75, 3.05) is 52.5 Å². The van der Waals surface area contributed by atoms with Crippen LogP contribution in [-0.4, -0.2) is 140 Å². The SMILES string of the molecule is C.C.C.C.NCCO.O=C1CC[C@@]2(O)[C@H]3Cc4ccc(O)c5c4[C@@]2(CCN3CC2CC2)[C@H]1O5.OCCN[C@H]1CC[C@@]2(O)[C@H]3Cc4ccc(O)c5c4[C@@]2(CCN3CC2CC2)[C@H]1O5. The average molecular weight is 853 g/mol. The van der Waals surface area contributed by atoms with Crippen LogP contribution < -0.4 is 20.5 Å². The molecule has 13 heteroatoms. The van der Waals surface area contributed by atoms with Crippen molar-refractivity contribution < 1.29 is 44.9 Å². The molecule has 0 amide bonds. The Labute approximate surface area is 363 Å². The van der Waals surface area contributed by atoms with Crippen molar-refractivity contribution in [2.45, 2.75) is 159 Å². The molecule has 6 fully saturated rings. The monoisotopic (exact) mass is 853 g/mol. The third-order valence-corrected chi connectivity index (χ3v) is 16.0. The second kappa shape index (κ2) is 17.2. The second-order valence-corrected chi connectivity index (χ2v) is 18.8. The van der Waals surface area contributed by atoms with Crippen LogP contribution in [0.1, 0.15) is 116 Å². The number of rotatable bonds is 8. The maximum absolute atomic E-state index is 12.7. The molecule has 10 aliphatic rings. The molecule has 2 saturated heterocycles. The number of phenolic OH excluding ortho intramolecular Hbond substituents is 2. The lowest BCUT2D eigenvalue weighted by Crippen LogP contribution is -2.78. The number of nitrogens with zero attached hydrogens (tertiary/aromatic N) is 2. The van der Waals surface area contributed by atoms with Crippen LogP contribution >= 0.6 is 0 Å². The Bertz CT molecular complexity index is 1920. The molecule has 2 spiro atoms. The minimum Gasteiger partial charge on any atom is -0.504 e. The van der Waals surface area contributed by atoms with E-state index in [4.69, 9.17) is 20.3 Å². The van der Waals surface area contributed by atoms with Crippen LogP contribution in [0.15, 0.2) is 24.3 Å². The van der Waals surface area contributed by atoms with E-state index in [1.807, 2.05) is 12.1 Å². The van der Waals surface area contributed by atoms with Crippen LogP contribution in [0.5, 0.6) is 23.0 Å². The van der Waals surface area contributed by atoms with E-state index >= 15 is 0 Å². The van der Waals surface area contributed by atoms with Gasteiger partial charge in [-0.25, -0.2) is 0 Å². The number of nitrogens with one attached hydrogen (secondary N) is 1. The summed E-state index contributed by atoms with van der Waals surface area (Å²) in [5.74, 6) is 2.96. The van der Waals surface area contributed by atoms with E-state index in [1.54, 1.807) is 12.1 Å². The predicted molar refractivity (Wildman–Crippen MR) is 237 cm³/mol. The Balaban J connectivity index is 0.000000178. The molecule has 4 bridgehead atoms. The third kappa shape index (κ3) is 6.73. The summed E-state index contributed by atoms with van der Waals surface area (Å²) >= 11 is 0.